The molecule has 0 spiro atoms. The molecule has 27 heavy (non-hydrogen) atoms. The second-order valence-corrected chi connectivity index (χ2v) is 9.51. The van der Waals surface area contributed by atoms with Crippen molar-refractivity contribution in [2.24, 2.45) is 0 Å². The molecule has 0 atom stereocenters. The zero-order chi connectivity index (χ0) is 19.4. The lowest BCUT2D eigenvalue weighted by atomic mass is 10.1. The maximum Gasteiger partial charge on any atom is 0.319 e. The summed E-state index contributed by atoms with van der Waals surface area (Å²) in [5.74, 6) is -0.116. The van der Waals surface area contributed by atoms with E-state index in [9.17, 15) is 9.90 Å². The lowest BCUT2D eigenvalue weighted by molar-refractivity contribution is -0.138. The molecule has 140 valence electrons. The minimum atomic E-state index is -0.914. The lowest BCUT2D eigenvalue weighted by Gasteiger charge is -2.15. The molecule has 3 aromatic rings. The third-order valence-corrected chi connectivity index (χ3v) is 6.21. The number of benzene rings is 2. The van der Waals surface area contributed by atoms with E-state index < -0.39 is 10.7 Å². The third-order valence-electron chi connectivity index (χ3n) is 3.79. The van der Waals surface area contributed by atoms with Gasteiger partial charge in [0.05, 0.1) is 5.69 Å². The highest BCUT2D eigenvalue weighted by Crippen LogP contribution is 2.35. The summed E-state index contributed by atoms with van der Waals surface area (Å²) in [4.78, 5) is 15.7. The Morgan fingerprint density at radius 1 is 1.22 bits per heavy atom. The Balaban J connectivity index is 1.65. The minimum absolute atomic E-state index is 0.328. The van der Waals surface area contributed by atoms with Crippen molar-refractivity contribution in [3.05, 3.63) is 64.6 Å². The van der Waals surface area contributed by atoms with E-state index in [2.05, 4.69) is 4.98 Å². The molecule has 3 rings (SSSR count). The van der Waals surface area contributed by atoms with Crippen LogP contribution in [0.2, 0.25) is 5.02 Å². The molecule has 0 aliphatic rings. The number of carboxylic acid groups (broad SMARTS) is 1. The molecule has 0 saturated carbocycles. The molecule has 0 fully saturated rings. The topological polar surface area (TPSA) is 59.4 Å². The van der Waals surface area contributed by atoms with E-state index in [0.29, 0.717) is 11.6 Å². The number of thioether (sulfide) groups is 1. The van der Waals surface area contributed by atoms with Gasteiger partial charge in [0.15, 0.2) is 4.34 Å². The van der Waals surface area contributed by atoms with Gasteiger partial charge in [-0.2, -0.15) is 0 Å². The molecule has 0 radical (unpaired) electrons. The number of thiazole rings is 1. The van der Waals surface area contributed by atoms with Crippen molar-refractivity contribution in [3.63, 3.8) is 0 Å². The van der Waals surface area contributed by atoms with E-state index in [1.54, 1.807) is 13.8 Å². The fourth-order valence-electron chi connectivity index (χ4n) is 2.23. The standard InChI is InChI=1S/C20H18ClNO3S2/c1-20(2,18(23)24)27-19-22-16(12-26-19)11-25-17-5-3-4-14(10-17)13-6-8-15(21)9-7-13/h3-10,12H,11H2,1-2H3,(H,23,24). The smallest absolute Gasteiger partial charge is 0.319 e. The van der Waals surface area contributed by atoms with Crippen LogP contribution in [-0.4, -0.2) is 20.8 Å². The Hall–Kier alpha value is -2.02. The van der Waals surface area contributed by atoms with Gasteiger partial charge in [-0.15, -0.1) is 11.3 Å². The SMILES string of the molecule is CC(C)(Sc1nc(COc2cccc(-c3ccc(Cl)cc3)c2)cs1)C(=O)O. The van der Waals surface area contributed by atoms with Gasteiger partial charge in [-0.05, 0) is 49.2 Å². The summed E-state index contributed by atoms with van der Waals surface area (Å²) in [7, 11) is 0. The van der Waals surface area contributed by atoms with Crippen LogP contribution in [0.15, 0.2) is 58.3 Å². The Labute approximate surface area is 171 Å². The number of nitrogens with zero attached hydrogens (tertiary/aromatic N) is 1. The summed E-state index contributed by atoms with van der Waals surface area (Å²) in [5.41, 5.74) is 2.88. The number of rotatable bonds is 7. The zero-order valence-electron chi connectivity index (χ0n) is 14.8. The van der Waals surface area contributed by atoms with E-state index in [-0.39, 0.29) is 0 Å². The molecule has 2 aromatic carbocycles. The molecule has 0 unspecified atom stereocenters. The Morgan fingerprint density at radius 3 is 2.67 bits per heavy atom. The monoisotopic (exact) mass is 419 g/mol. The normalized spacial score (nSPS) is 11.4. The Morgan fingerprint density at radius 2 is 1.96 bits per heavy atom. The van der Waals surface area contributed by atoms with Crippen LogP contribution in [0, 0.1) is 0 Å². The molecule has 0 aliphatic carbocycles. The van der Waals surface area contributed by atoms with Crippen LogP contribution in [0.3, 0.4) is 0 Å². The molecular weight excluding hydrogens is 402 g/mol. The maximum absolute atomic E-state index is 11.2. The summed E-state index contributed by atoms with van der Waals surface area (Å²) in [5, 5.41) is 11.8. The molecule has 1 aromatic heterocycles. The van der Waals surface area contributed by atoms with Crippen LogP contribution in [0.25, 0.3) is 11.1 Å². The molecule has 1 heterocycles. The summed E-state index contributed by atoms with van der Waals surface area (Å²) in [6.07, 6.45) is 0. The van der Waals surface area contributed by atoms with Crippen LogP contribution in [0.1, 0.15) is 19.5 Å². The van der Waals surface area contributed by atoms with Crippen LogP contribution in [-0.2, 0) is 11.4 Å². The second-order valence-electron chi connectivity index (χ2n) is 6.35. The largest absolute Gasteiger partial charge is 0.487 e. The fourth-order valence-corrected chi connectivity index (χ4v) is 4.53. The molecule has 1 N–H and O–H groups in total. The lowest BCUT2D eigenvalue weighted by Crippen LogP contribution is -2.26. The van der Waals surface area contributed by atoms with Crippen LogP contribution >= 0.6 is 34.7 Å². The first-order chi connectivity index (χ1) is 12.8. The molecule has 0 bridgehead atoms. The number of carbonyl (C=O) groups is 1. The number of carboxylic acids is 1. The van der Waals surface area contributed by atoms with Gasteiger partial charge in [0.2, 0.25) is 0 Å². The molecule has 7 heteroatoms. The summed E-state index contributed by atoms with van der Waals surface area (Å²) in [6.45, 7) is 3.66. The van der Waals surface area contributed by atoms with Crippen molar-refractivity contribution in [1.29, 1.82) is 0 Å². The van der Waals surface area contributed by atoms with Crippen molar-refractivity contribution in [1.82, 2.24) is 4.98 Å². The predicted molar refractivity (Wildman–Crippen MR) is 111 cm³/mol. The molecule has 0 aliphatic heterocycles. The number of halogens is 1. The first-order valence-electron chi connectivity index (χ1n) is 8.19. The number of hydrogen-bond acceptors (Lipinski definition) is 5. The number of ether oxygens (including phenoxy) is 1. The summed E-state index contributed by atoms with van der Waals surface area (Å²) in [6, 6.07) is 15.5. The first kappa shape index (κ1) is 19.7. The van der Waals surface area contributed by atoms with Gasteiger partial charge in [-0.25, -0.2) is 4.98 Å². The molecule has 0 saturated heterocycles. The average Bonchev–Trinajstić information content (AvgIpc) is 3.07. The second kappa shape index (κ2) is 8.33. The van der Waals surface area contributed by atoms with Crippen molar-refractivity contribution < 1.29 is 14.6 Å². The highest BCUT2D eigenvalue weighted by Gasteiger charge is 2.29. The fraction of sp³-hybridized carbons (Fsp3) is 0.200. The van der Waals surface area contributed by atoms with Gasteiger partial charge < -0.3 is 9.84 Å². The van der Waals surface area contributed by atoms with E-state index in [4.69, 9.17) is 16.3 Å². The van der Waals surface area contributed by atoms with Crippen molar-refractivity contribution in [2.75, 3.05) is 0 Å². The van der Waals surface area contributed by atoms with E-state index >= 15 is 0 Å². The van der Waals surface area contributed by atoms with Crippen molar-refractivity contribution >= 4 is 40.7 Å². The summed E-state index contributed by atoms with van der Waals surface area (Å²) < 4.78 is 5.67. The predicted octanol–water partition coefficient (Wildman–Crippen LogP) is 6.00. The van der Waals surface area contributed by atoms with Crippen molar-refractivity contribution in [3.8, 4) is 16.9 Å². The van der Waals surface area contributed by atoms with Gasteiger partial charge in [0.1, 0.15) is 17.1 Å². The number of hydrogen-bond donors (Lipinski definition) is 1. The van der Waals surface area contributed by atoms with Crippen LogP contribution in [0.4, 0.5) is 0 Å². The van der Waals surface area contributed by atoms with Crippen LogP contribution < -0.4 is 4.74 Å². The highest BCUT2D eigenvalue weighted by molar-refractivity contribution is 8.02. The molecule has 4 nitrogen and oxygen atoms in total. The van der Waals surface area contributed by atoms with Crippen LogP contribution in [0.5, 0.6) is 5.75 Å². The zero-order valence-corrected chi connectivity index (χ0v) is 17.2. The Kier molecular flexibility index (Phi) is 6.09. The average molecular weight is 420 g/mol. The van der Waals surface area contributed by atoms with Gasteiger partial charge in [0.25, 0.3) is 0 Å². The third kappa shape index (κ3) is 5.25. The van der Waals surface area contributed by atoms with Gasteiger partial charge in [0, 0.05) is 10.4 Å². The van der Waals surface area contributed by atoms with Gasteiger partial charge in [-0.1, -0.05) is 47.6 Å². The van der Waals surface area contributed by atoms with E-state index in [0.717, 1.165) is 26.9 Å². The maximum atomic E-state index is 11.2. The van der Waals surface area contributed by atoms with Gasteiger partial charge >= 0.3 is 5.97 Å². The molecular formula is C20H18ClNO3S2. The molecule has 0 amide bonds. The quantitative estimate of drug-likeness (QED) is 0.476. The number of aromatic nitrogens is 1. The van der Waals surface area contributed by atoms with E-state index in [1.165, 1.54) is 23.1 Å². The first-order valence-corrected chi connectivity index (χ1v) is 10.3. The van der Waals surface area contributed by atoms with E-state index in [1.807, 2.05) is 53.9 Å². The minimum Gasteiger partial charge on any atom is -0.487 e. The van der Waals surface area contributed by atoms with Crippen molar-refractivity contribution in [2.45, 2.75) is 29.5 Å². The van der Waals surface area contributed by atoms with Gasteiger partial charge in [-0.3, -0.25) is 4.79 Å². The summed E-state index contributed by atoms with van der Waals surface area (Å²) >= 11 is 8.61. The Bertz CT molecular complexity index is 938. The number of aliphatic carboxylic acids is 1. The highest BCUT2D eigenvalue weighted by atomic mass is 35.5.